The number of amides is 1. The van der Waals surface area contributed by atoms with Crippen LogP contribution >= 0.6 is 0 Å². The first-order valence-electron chi connectivity index (χ1n) is 8.42. The van der Waals surface area contributed by atoms with Gasteiger partial charge in [0.2, 0.25) is 0 Å². The van der Waals surface area contributed by atoms with Crippen molar-refractivity contribution in [2.75, 3.05) is 13.1 Å². The monoisotopic (exact) mass is 322 g/mol. The van der Waals surface area contributed by atoms with E-state index in [0.717, 1.165) is 38.3 Å². The topological polar surface area (TPSA) is 59.4 Å². The van der Waals surface area contributed by atoms with Gasteiger partial charge in [-0.3, -0.25) is 4.90 Å². The van der Waals surface area contributed by atoms with Gasteiger partial charge in [0.15, 0.2) is 0 Å². The van der Waals surface area contributed by atoms with E-state index < -0.39 is 5.60 Å². The number of hydrogen-bond acceptors (Lipinski definition) is 4. The number of carbonyl (C=O) groups excluding carboxylic acids is 1. The van der Waals surface area contributed by atoms with Crippen LogP contribution in [0.15, 0.2) is 12.4 Å². The molecule has 1 aromatic heterocycles. The molecular formula is C17H30N4O2. The smallest absolute Gasteiger partial charge is 0.407 e. The fourth-order valence-corrected chi connectivity index (χ4v) is 2.97. The van der Waals surface area contributed by atoms with Crippen LogP contribution in [0.5, 0.6) is 0 Å². The number of piperidine rings is 1. The first-order valence-corrected chi connectivity index (χ1v) is 8.42. The summed E-state index contributed by atoms with van der Waals surface area (Å²) in [5.74, 6) is 1.60. The van der Waals surface area contributed by atoms with Crippen molar-refractivity contribution >= 4 is 6.09 Å². The Hall–Kier alpha value is -1.56. The number of aromatic nitrogens is 2. The van der Waals surface area contributed by atoms with Crippen LogP contribution in [-0.2, 0) is 18.3 Å². The highest BCUT2D eigenvalue weighted by molar-refractivity contribution is 5.68. The summed E-state index contributed by atoms with van der Waals surface area (Å²) in [5, 5.41) is 2.98. The van der Waals surface area contributed by atoms with E-state index in [1.165, 1.54) is 0 Å². The van der Waals surface area contributed by atoms with Gasteiger partial charge in [0, 0.05) is 25.5 Å². The molecule has 1 fully saturated rings. The minimum absolute atomic E-state index is 0.139. The second kappa shape index (κ2) is 7.34. The fourth-order valence-electron chi connectivity index (χ4n) is 2.97. The summed E-state index contributed by atoms with van der Waals surface area (Å²) in [5.41, 5.74) is -0.449. The molecule has 0 saturated carbocycles. The lowest BCUT2D eigenvalue weighted by atomic mass is 9.90. The number of carbonyl (C=O) groups is 1. The van der Waals surface area contributed by atoms with E-state index in [-0.39, 0.29) is 12.1 Å². The molecule has 1 aromatic rings. The van der Waals surface area contributed by atoms with Crippen molar-refractivity contribution in [3.05, 3.63) is 18.2 Å². The van der Waals surface area contributed by atoms with Crippen LogP contribution in [0.4, 0.5) is 4.79 Å². The Labute approximate surface area is 139 Å². The number of nitrogens with one attached hydrogen (secondary N) is 1. The predicted octanol–water partition coefficient (Wildman–Crippen LogP) is 2.55. The Morgan fingerprint density at radius 3 is 2.61 bits per heavy atom. The molecule has 1 saturated heterocycles. The van der Waals surface area contributed by atoms with Crippen molar-refractivity contribution in [3.63, 3.8) is 0 Å². The minimum atomic E-state index is -0.449. The molecule has 6 nitrogen and oxygen atoms in total. The van der Waals surface area contributed by atoms with Crippen molar-refractivity contribution in [1.29, 1.82) is 0 Å². The summed E-state index contributed by atoms with van der Waals surface area (Å²) in [6.45, 7) is 10.7. The van der Waals surface area contributed by atoms with Crippen LogP contribution < -0.4 is 5.32 Å². The number of aryl methyl sites for hydroxylation is 1. The van der Waals surface area contributed by atoms with E-state index >= 15 is 0 Å². The van der Waals surface area contributed by atoms with Crippen molar-refractivity contribution in [2.45, 2.75) is 58.7 Å². The lowest BCUT2D eigenvalue weighted by Crippen LogP contribution is -2.45. The molecule has 6 heteroatoms. The molecule has 0 spiro atoms. The summed E-state index contributed by atoms with van der Waals surface area (Å²) in [6.07, 6.45) is 5.67. The molecular weight excluding hydrogens is 292 g/mol. The molecule has 0 bridgehead atoms. The van der Waals surface area contributed by atoms with Gasteiger partial charge >= 0.3 is 6.09 Å². The van der Waals surface area contributed by atoms with Gasteiger partial charge in [0.25, 0.3) is 0 Å². The lowest BCUT2D eigenvalue weighted by Gasteiger charge is -2.35. The van der Waals surface area contributed by atoms with E-state index in [1.54, 1.807) is 0 Å². The first-order chi connectivity index (χ1) is 10.7. The quantitative estimate of drug-likeness (QED) is 0.925. The zero-order chi connectivity index (χ0) is 17.0. The number of ether oxygens (including phenoxy) is 1. The second-order valence-corrected chi connectivity index (χ2v) is 7.50. The van der Waals surface area contributed by atoms with Crippen LogP contribution in [0.1, 0.15) is 46.4 Å². The molecule has 0 radical (unpaired) electrons. The highest BCUT2D eigenvalue weighted by atomic mass is 16.6. The third-order valence-corrected chi connectivity index (χ3v) is 4.37. The van der Waals surface area contributed by atoms with Crippen molar-refractivity contribution in [3.8, 4) is 0 Å². The van der Waals surface area contributed by atoms with E-state index in [9.17, 15) is 4.79 Å². The van der Waals surface area contributed by atoms with Gasteiger partial charge in [0.1, 0.15) is 11.4 Å². The average molecular weight is 322 g/mol. The number of alkyl carbamates (subject to hydrolysis) is 1. The first kappa shape index (κ1) is 17.8. The van der Waals surface area contributed by atoms with Crippen LogP contribution in [-0.4, -0.2) is 45.3 Å². The Morgan fingerprint density at radius 2 is 2.09 bits per heavy atom. The van der Waals surface area contributed by atoms with Gasteiger partial charge in [-0.1, -0.05) is 0 Å². The third kappa shape index (κ3) is 5.53. The number of imidazole rings is 1. The van der Waals surface area contributed by atoms with Crippen LogP contribution in [0.25, 0.3) is 0 Å². The zero-order valence-electron chi connectivity index (χ0n) is 15.0. The molecule has 1 aliphatic heterocycles. The number of rotatable bonds is 4. The molecule has 0 aromatic carbocycles. The van der Waals surface area contributed by atoms with Gasteiger partial charge in [-0.15, -0.1) is 0 Å². The summed E-state index contributed by atoms with van der Waals surface area (Å²) < 4.78 is 7.40. The highest BCUT2D eigenvalue weighted by Crippen LogP contribution is 2.22. The standard InChI is InChI=1S/C17H30N4O2/c1-13(19-16(22)23-17(2,3)4)14-6-9-21(10-7-14)12-15-18-8-11-20(15)5/h8,11,13-14H,6-7,9-10,12H2,1-5H3,(H,19,22)/t13-/m1/s1. The third-order valence-electron chi connectivity index (χ3n) is 4.37. The van der Waals surface area contributed by atoms with Crippen molar-refractivity contribution in [1.82, 2.24) is 19.8 Å². The lowest BCUT2D eigenvalue weighted by molar-refractivity contribution is 0.0472. The molecule has 0 aliphatic carbocycles. The van der Waals surface area contributed by atoms with Gasteiger partial charge in [-0.05, 0) is 59.5 Å². The molecule has 0 unspecified atom stereocenters. The normalized spacial score (nSPS) is 18.7. The Morgan fingerprint density at radius 1 is 1.43 bits per heavy atom. The van der Waals surface area contributed by atoms with E-state index in [1.807, 2.05) is 40.2 Å². The van der Waals surface area contributed by atoms with Gasteiger partial charge in [0.05, 0.1) is 6.54 Å². The fraction of sp³-hybridized carbons (Fsp3) is 0.765. The molecule has 1 amide bonds. The predicted molar refractivity (Wildman–Crippen MR) is 90.0 cm³/mol. The maximum atomic E-state index is 11.9. The summed E-state index contributed by atoms with van der Waals surface area (Å²) in [4.78, 5) is 18.7. The van der Waals surface area contributed by atoms with Gasteiger partial charge < -0.3 is 14.6 Å². The number of hydrogen-bond donors (Lipinski definition) is 1. The Balaban J connectivity index is 1.75. The molecule has 1 N–H and O–H groups in total. The maximum absolute atomic E-state index is 11.9. The summed E-state index contributed by atoms with van der Waals surface area (Å²) >= 11 is 0. The molecule has 2 heterocycles. The van der Waals surface area contributed by atoms with Crippen LogP contribution in [0.3, 0.4) is 0 Å². The minimum Gasteiger partial charge on any atom is -0.444 e. The highest BCUT2D eigenvalue weighted by Gasteiger charge is 2.26. The zero-order valence-corrected chi connectivity index (χ0v) is 15.0. The van der Waals surface area contributed by atoms with Gasteiger partial charge in [-0.2, -0.15) is 0 Å². The average Bonchev–Trinajstić information content (AvgIpc) is 2.83. The Kier molecular flexibility index (Phi) is 5.68. The molecule has 130 valence electrons. The van der Waals surface area contributed by atoms with E-state index in [2.05, 4.69) is 26.7 Å². The number of likely N-dealkylation sites (tertiary alicyclic amines) is 1. The van der Waals surface area contributed by atoms with Crippen molar-refractivity contribution < 1.29 is 9.53 Å². The number of nitrogens with zero attached hydrogens (tertiary/aromatic N) is 3. The molecule has 1 atom stereocenters. The molecule has 2 rings (SSSR count). The van der Waals surface area contributed by atoms with Crippen molar-refractivity contribution in [2.24, 2.45) is 13.0 Å². The summed E-state index contributed by atoms with van der Waals surface area (Å²) in [7, 11) is 2.03. The molecule has 1 aliphatic rings. The van der Waals surface area contributed by atoms with Gasteiger partial charge in [-0.25, -0.2) is 9.78 Å². The molecule has 23 heavy (non-hydrogen) atoms. The van der Waals surface area contributed by atoms with Crippen LogP contribution in [0, 0.1) is 5.92 Å². The summed E-state index contributed by atoms with van der Waals surface area (Å²) in [6, 6.07) is 0.139. The van der Waals surface area contributed by atoms with E-state index in [0.29, 0.717) is 5.92 Å². The van der Waals surface area contributed by atoms with Crippen LogP contribution in [0.2, 0.25) is 0 Å². The maximum Gasteiger partial charge on any atom is 0.407 e. The SMILES string of the molecule is C[C@@H](NC(=O)OC(C)(C)C)C1CCN(Cc2nccn2C)CC1. The Bertz CT molecular complexity index is 513. The van der Waals surface area contributed by atoms with E-state index in [4.69, 9.17) is 4.74 Å². The largest absolute Gasteiger partial charge is 0.444 e. The second-order valence-electron chi connectivity index (χ2n) is 7.50.